The van der Waals surface area contributed by atoms with Crippen LogP contribution in [0.3, 0.4) is 0 Å². The normalized spacial score (nSPS) is 16.9. The standard InChI is InChI=1S/C16H23NO5S/c18-16(19)14-2-4-15(5-3-14)22-9-1-12-23(20)13-8-17-6-10-21-11-7-17/h2-5H,1,6-13H2,(H,18,19). The lowest BCUT2D eigenvalue weighted by molar-refractivity contribution is 0.0409. The summed E-state index contributed by atoms with van der Waals surface area (Å²) in [5.74, 6) is 0.992. The van der Waals surface area contributed by atoms with E-state index in [4.69, 9.17) is 14.6 Å². The Balaban J connectivity index is 1.57. The molecule has 1 fully saturated rings. The van der Waals surface area contributed by atoms with E-state index in [2.05, 4.69) is 4.90 Å². The second-order valence-corrected chi connectivity index (χ2v) is 7.03. The smallest absolute Gasteiger partial charge is 0.335 e. The van der Waals surface area contributed by atoms with Gasteiger partial charge < -0.3 is 14.6 Å². The fourth-order valence-electron chi connectivity index (χ4n) is 2.26. The highest BCUT2D eigenvalue weighted by atomic mass is 32.2. The van der Waals surface area contributed by atoms with Gasteiger partial charge in [0.2, 0.25) is 0 Å². The molecule has 1 N–H and O–H groups in total. The molecule has 1 unspecified atom stereocenters. The zero-order valence-electron chi connectivity index (χ0n) is 13.1. The lowest BCUT2D eigenvalue weighted by Gasteiger charge is -2.26. The van der Waals surface area contributed by atoms with E-state index >= 15 is 0 Å². The van der Waals surface area contributed by atoms with Crippen molar-refractivity contribution in [3.63, 3.8) is 0 Å². The van der Waals surface area contributed by atoms with Gasteiger partial charge in [0, 0.05) is 41.9 Å². The molecule has 1 saturated heterocycles. The number of carboxylic acids is 1. The van der Waals surface area contributed by atoms with Crippen molar-refractivity contribution in [2.75, 3.05) is 51.0 Å². The number of morpholine rings is 1. The molecule has 7 heteroatoms. The van der Waals surface area contributed by atoms with Gasteiger partial charge in [0.25, 0.3) is 0 Å². The van der Waals surface area contributed by atoms with E-state index in [1.807, 2.05) is 0 Å². The molecule has 1 heterocycles. The van der Waals surface area contributed by atoms with Crippen LogP contribution in [0.4, 0.5) is 0 Å². The van der Waals surface area contributed by atoms with Crippen LogP contribution >= 0.6 is 0 Å². The van der Waals surface area contributed by atoms with Crippen LogP contribution in [0.2, 0.25) is 0 Å². The molecule has 1 aliphatic heterocycles. The van der Waals surface area contributed by atoms with Crippen molar-refractivity contribution in [1.29, 1.82) is 0 Å². The molecule has 0 saturated carbocycles. The lowest BCUT2D eigenvalue weighted by Crippen LogP contribution is -2.38. The maximum atomic E-state index is 11.9. The van der Waals surface area contributed by atoms with Crippen LogP contribution in [0.25, 0.3) is 0 Å². The van der Waals surface area contributed by atoms with Crippen LogP contribution in [-0.4, -0.2) is 71.1 Å². The van der Waals surface area contributed by atoms with Crippen molar-refractivity contribution in [2.45, 2.75) is 6.42 Å². The molecule has 1 atom stereocenters. The van der Waals surface area contributed by atoms with Gasteiger partial charge in [-0.1, -0.05) is 0 Å². The number of carboxylic acid groups (broad SMARTS) is 1. The predicted molar refractivity (Wildman–Crippen MR) is 88.6 cm³/mol. The first-order valence-electron chi connectivity index (χ1n) is 7.76. The maximum Gasteiger partial charge on any atom is 0.335 e. The third-order valence-electron chi connectivity index (χ3n) is 3.63. The molecular weight excluding hydrogens is 318 g/mol. The van der Waals surface area contributed by atoms with Gasteiger partial charge in [-0.2, -0.15) is 0 Å². The largest absolute Gasteiger partial charge is 0.494 e. The van der Waals surface area contributed by atoms with Gasteiger partial charge >= 0.3 is 5.97 Å². The minimum atomic E-state index is -0.952. The average molecular weight is 341 g/mol. The molecule has 2 rings (SSSR count). The molecule has 128 valence electrons. The molecular formula is C16H23NO5S. The van der Waals surface area contributed by atoms with E-state index in [9.17, 15) is 9.00 Å². The average Bonchev–Trinajstić information content (AvgIpc) is 2.58. The van der Waals surface area contributed by atoms with Crippen molar-refractivity contribution in [2.24, 2.45) is 0 Å². The number of hydrogen-bond acceptors (Lipinski definition) is 5. The zero-order chi connectivity index (χ0) is 16.5. The van der Waals surface area contributed by atoms with Gasteiger partial charge in [-0.3, -0.25) is 9.11 Å². The molecule has 0 aromatic heterocycles. The van der Waals surface area contributed by atoms with Crippen molar-refractivity contribution in [3.05, 3.63) is 29.8 Å². The lowest BCUT2D eigenvalue weighted by atomic mass is 10.2. The van der Waals surface area contributed by atoms with Crippen molar-refractivity contribution < 1.29 is 23.6 Å². The molecule has 1 aromatic carbocycles. The van der Waals surface area contributed by atoms with Crippen LogP contribution in [0.5, 0.6) is 5.75 Å². The van der Waals surface area contributed by atoms with Crippen LogP contribution < -0.4 is 4.74 Å². The van der Waals surface area contributed by atoms with Gasteiger partial charge in [0.1, 0.15) is 5.75 Å². The number of carbonyl (C=O) groups is 1. The van der Waals surface area contributed by atoms with E-state index in [0.29, 0.717) is 23.9 Å². The second-order valence-electron chi connectivity index (χ2n) is 5.33. The van der Waals surface area contributed by atoms with E-state index in [-0.39, 0.29) is 5.56 Å². The maximum absolute atomic E-state index is 11.9. The Morgan fingerprint density at radius 2 is 1.91 bits per heavy atom. The summed E-state index contributed by atoms with van der Waals surface area (Å²) in [5.41, 5.74) is 0.238. The molecule has 0 aliphatic carbocycles. The molecule has 23 heavy (non-hydrogen) atoms. The summed E-state index contributed by atoms with van der Waals surface area (Å²) in [6, 6.07) is 6.30. The van der Waals surface area contributed by atoms with Crippen LogP contribution in [0.15, 0.2) is 24.3 Å². The van der Waals surface area contributed by atoms with Gasteiger partial charge in [0.05, 0.1) is 25.4 Å². The van der Waals surface area contributed by atoms with E-state index in [0.717, 1.165) is 39.3 Å². The molecule has 0 bridgehead atoms. The number of rotatable bonds is 9. The van der Waals surface area contributed by atoms with E-state index in [1.165, 1.54) is 12.1 Å². The fourth-order valence-corrected chi connectivity index (χ4v) is 3.37. The van der Waals surface area contributed by atoms with E-state index in [1.54, 1.807) is 12.1 Å². The van der Waals surface area contributed by atoms with Crippen molar-refractivity contribution in [3.8, 4) is 5.75 Å². The van der Waals surface area contributed by atoms with Crippen LogP contribution in [0, 0.1) is 0 Å². The summed E-state index contributed by atoms with van der Waals surface area (Å²) in [5, 5.41) is 8.81. The summed E-state index contributed by atoms with van der Waals surface area (Å²) in [7, 11) is -0.830. The second kappa shape index (κ2) is 9.64. The molecule has 1 aromatic rings. The number of benzene rings is 1. The van der Waals surface area contributed by atoms with Gasteiger partial charge in [-0.25, -0.2) is 4.79 Å². The molecule has 0 amide bonds. The van der Waals surface area contributed by atoms with Gasteiger partial charge in [-0.15, -0.1) is 0 Å². The minimum absolute atomic E-state index is 0.238. The number of hydrogen-bond donors (Lipinski definition) is 1. The highest BCUT2D eigenvalue weighted by molar-refractivity contribution is 7.84. The summed E-state index contributed by atoms with van der Waals surface area (Å²) in [6.45, 7) is 4.71. The Bertz CT molecular complexity index is 514. The third kappa shape index (κ3) is 6.68. The molecule has 0 spiro atoms. The van der Waals surface area contributed by atoms with Gasteiger partial charge in [-0.05, 0) is 30.7 Å². The minimum Gasteiger partial charge on any atom is -0.494 e. The first kappa shape index (κ1) is 17.9. The van der Waals surface area contributed by atoms with Crippen molar-refractivity contribution in [1.82, 2.24) is 4.90 Å². The first-order valence-corrected chi connectivity index (χ1v) is 9.25. The van der Waals surface area contributed by atoms with Crippen molar-refractivity contribution >= 4 is 16.8 Å². The Kier molecular flexibility index (Phi) is 7.51. The number of ether oxygens (including phenoxy) is 2. The highest BCUT2D eigenvalue weighted by Crippen LogP contribution is 2.12. The Morgan fingerprint density at radius 3 is 2.57 bits per heavy atom. The Labute approximate surface area is 138 Å². The summed E-state index contributed by atoms with van der Waals surface area (Å²) >= 11 is 0. The molecule has 6 nitrogen and oxygen atoms in total. The van der Waals surface area contributed by atoms with Crippen LogP contribution in [0.1, 0.15) is 16.8 Å². The van der Waals surface area contributed by atoms with E-state index < -0.39 is 16.8 Å². The fraction of sp³-hybridized carbons (Fsp3) is 0.562. The van der Waals surface area contributed by atoms with Crippen LogP contribution in [-0.2, 0) is 15.5 Å². The SMILES string of the molecule is O=C(O)c1ccc(OCCCS(=O)CCN2CCOCC2)cc1. The monoisotopic (exact) mass is 341 g/mol. The summed E-state index contributed by atoms with van der Waals surface area (Å²) in [6.07, 6.45) is 0.719. The summed E-state index contributed by atoms with van der Waals surface area (Å²) in [4.78, 5) is 13.0. The predicted octanol–water partition coefficient (Wildman–Crippen LogP) is 1.23. The highest BCUT2D eigenvalue weighted by Gasteiger charge is 2.11. The first-order chi connectivity index (χ1) is 11.1. The summed E-state index contributed by atoms with van der Waals surface area (Å²) < 4.78 is 22.8. The third-order valence-corrected chi connectivity index (χ3v) is 5.01. The number of nitrogens with zero attached hydrogens (tertiary/aromatic N) is 1. The Morgan fingerprint density at radius 1 is 1.22 bits per heavy atom. The zero-order valence-corrected chi connectivity index (χ0v) is 13.9. The number of aromatic carboxylic acids is 1. The topological polar surface area (TPSA) is 76.1 Å². The molecule has 1 aliphatic rings. The van der Waals surface area contributed by atoms with Gasteiger partial charge in [0.15, 0.2) is 0 Å². The Hall–Kier alpha value is -1.44. The quantitative estimate of drug-likeness (QED) is 0.681. The molecule has 0 radical (unpaired) electrons.